The highest BCUT2D eigenvalue weighted by molar-refractivity contribution is 5.92. The number of benzene rings is 1. The third-order valence-electron chi connectivity index (χ3n) is 7.75. The molecule has 3 aliphatic rings. The van der Waals surface area contributed by atoms with E-state index in [2.05, 4.69) is 32.9 Å². The van der Waals surface area contributed by atoms with E-state index in [1.807, 2.05) is 24.2 Å². The molecule has 0 unspecified atom stereocenters. The molecule has 0 aliphatic carbocycles. The summed E-state index contributed by atoms with van der Waals surface area (Å²) >= 11 is 0. The largest absolute Gasteiger partial charge is 0.490 e. The van der Waals surface area contributed by atoms with E-state index in [-0.39, 0.29) is 5.91 Å². The van der Waals surface area contributed by atoms with Gasteiger partial charge in [-0.05, 0) is 44.1 Å². The number of hydrogen-bond acceptors (Lipinski definition) is 6. The molecule has 40 heavy (non-hydrogen) atoms. The van der Waals surface area contributed by atoms with E-state index in [1.165, 1.54) is 31.6 Å². The molecule has 2 saturated heterocycles. The van der Waals surface area contributed by atoms with Crippen LogP contribution in [0.3, 0.4) is 0 Å². The first-order valence-corrected chi connectivity index (χ1v) is 13.2. The number of nitrogens with zero attached hydrogens (tertiary/aromatic N) is 6. The minimum absolute atomic E-state index is 0.0302. The molecule has 5 heterocycles. The van der Waals surface area contributed by atoms with Crippen LogP contribution in [0.1, 0.15) is 41.7 Å². The van der Waals surface area contributed by atoms with Gasteiger partial charge in [0.15, 0.2) is 0 Å². The van der Waals surface area contributed by atoms with Crippen LogP contribution in [-0.4, -0.2) is 85.2 Å². The predicted molar refractivity (Wildman–Crippen MR) is 138 cm³/mol. The second kappa shape index (κ2) is 11.0. The molecule has 6 rings (SSSR count). The van der Waals surface area contributed by atoms with Crippen LogP contribution in [-0.2, 0) is 24.0 Å². The Morgan fingerprint density at radius 1 is 1.02 bits per heavy atom. The number of likely N-dealkylation sites (tertiary alicyclic amines) is 2. The van der Waals surface area contributed by atoms with Gasteiger partial charge in [-0.15, -0.1) is 0 Å². The second-order valence-electron chi connectivity index (χ2n) is 10.2. The van der Waals surface area contributed by atoms with E-state index < -0.39 is 17.7 Å². The summed E-state index contributed by atoms with van der Waals surface area (Å²) in [6, 6.07) is 10.1. The molecule has 214 valence electrons. The topological polar surface area (TPSA) is 106 Å². The van der Waals surface area contributed by atoms with Gasteiger partial charge >= 0.3 is 12.1 Å². The first-order valence-electron chi connectivity index (χ1n) is 13.2. The van der Waals surface area contributed by atoms with Gasteiger partial charge in [0.2, 0.25) is 0 Å². The van der Waals surface area contributed by atoms with Crippen LogP contribution in [0.4, 0.5) is 13.2 Å². The number of amides is 1. The number of ether oxygens (including phenoxy) is 1. The average molecular weight is 561 g/mol. The number of aromatic nitrogens is 4. The maximum Gasteiger partial charge on any atom is 0.490 e. The average Bonchev–Trinajstić information content (AvgIpc) is 3.69. The lowest BCUT2D eigenvalue weighted by Crippen LogP contribution is -2.49. The summed E-state index contributed by atoms with van der Waals surface area (Å²) in [7, 11) is 1.81. The Hall–Kier alpha value is -3.87. The number of rotatable bonds is 4. The van der Waals surface area contributed by atoms with Crippen LogP contribution >= 0.6 is 0 Å². The molecule has 3 aliphatic heterocycles. The molecule has 10 nitrogen and oxygen atoms in total. The van der Waals surface area contributed by atoms with E-state index in [1.54, 1.807) is 16.9 Å². The highest BCUT2D eigenvalue weighted by atomic mass is 19.4. The number of aryl methyl sites for hydroxylation is 1. The number of piperidine rings is 1. The van der Waals surface area contributed by atoms with Gasteiger partial charge in [0.05, 0.1) is 18.4 Å². The summed E-state index contributed by atoms with van der Waals surface area (Å²) in [6.45, 7) is 5.57. The number of para-hydroxylation sites is 1. The summed E-state index contributed by atoms with van der Waals surface area (Å²) < 4.78 is 42.2. The zero-order valence-electron chi connectivity index (χ0n) is 22.1. The van der Waals surface area contributed by atoms with Crippen LogP contribution in [0, 0.1) is 0 Å². The van der Waals surface area contributed by atoms with Crippen LogP contribution in [0.5, 0.6) is 5.75 Å². The summed E-state index contributed by atoms with van der Waals surface area (Å²) in [5, 5.41) is 16.1. The van der Waals surface area contributed by atoms with Crippen LogP contribution in [0.2, 0.25) is 0 Å². The van der Waals surface area contributed by atoms with Gasteiger partial charge in [-0.2, -0.15) is 23.4 Å². The molecule has 1 spiro atoms. The SMILES string of the molecule is Cn1nccc1C(=O)N1CCC2(CC1)Oc1ccccc1-c1c2cnn1CCN1CCCC1.O=C(O)C(F)(F)F. The van der Waals surface area contributed by atoms with E-state index in [4.69, 9.17) is 19.7 Å². The second-order valence-corrected chi connectivity index (χ2v) is 10.2. The van der Waals surface area contributed by atoms with Crippen molar-refractivity contribution in [1.29, 1.82) is 0 Å². The standard InChI is InChI=1S/C25H30N6O2.C2HF3O2/c1-28-21(8-11-26-28)24(32)30-14-9-25(10-15-30)20-18-27-31(17-16-29-12-4-5-13-29)23(20)19-6-2-3-7-22(19)33-25;3-2(4,5)1(6)7/h2-3,6-8,11,18H,4-5,9-10,12-17H2,1H3;(H,6,7). The van der Waals surface area contributed by atoms with E-state index in [9.17, 15) is 18.0 Å². The molecule has 3 aromatic rings. The number of carboxylic acids is 1. The van der Waals surface area contributed by atoms with Crippen molar-refractivity contribution in [2.75, 3.05) is 32.7 Å². The fourth-order valence-electron chi connectivity index (χ4n) is 5.62. The van der Waals surface area contributed by atoms with Gasteiger partial charge in [0.25, 0.3) is 5.91 Å². The first kappa shape index (κ1) is 27.7. The molecule has 1 aromatic carbocycles. The number of carbonyl (C=O) groups excluding carboxylic acids is 1. The predicted octanol–water partition coefficient (Wildman–Crippen LogP) is 3.54. The summed E-state index contributed by atoms with van der Waals surface area (Å²) in [5.74, 6) is -1.81. The molecule has 0 atom stereocenters. The maximum atomic E-state index is 13.0. The Labute approximate surface area is 228 Å². The Kier molecular flexibility index (Phi) is 7.58. The van der Waals surface area contributed by atoms with Crippen LogP contribution in [0.25, 0.3) is 11.3 Å². The van der Waals surface area contributed by atoms with Crippen molar-refractivity contribution in [2.24, 2.45) is 7.05 Å². The molecule has 1 N–H and O–H groups in total. The van der Waals surface area contributed by atoms with Crippen LogP contribution in [0.15, 0.2) is 42.7 Å². The first-order chi connectivity index (χ1) is 19.1. The number of carbonyl (C=O) groups is 2. The fraction of sp³-hybridized carbons (Fsp3) is 0.481. The lowest BCUT2D eigenvalue weighted by Gasteiger charge is -2.44. The quantitative estimate of drug-likeness (QED) is 0.521. The highest BCUT2D eigenvalue weighted by Crippen LogP contribution is 2.49. The van der Waals surface area contributed by atoms with Gasteiger partial charge < -0.3 is 19.6 Å². The lowest BCUT2D eigenvalue weighted by molar-refractivity contribution is -0.192. The van der Waals surface area contributed by atoms with Crippen molar-refractivity contribution >= 4 is 11.9 Å². The number of aliphatic carboxylic acids is 1. The van der Waals surface area contributed by atoms with E-state index in [0.29, 0.717) is 18.8 Å². The van der Waals surface area contributed by atoms with Crippen molar-refractivity contribution in [3.8, 4) is 17.0 Å². The van der Waals surface area contributed by atoms with Crippen molar-refractivity contribution in [1.82, 2.24) is 29.4 Å². The normalized spacial score (nSPS) is 17.9. The maximum absolute atomic E-state index is 13.0. The van der Waals surface area contributed by atoms with Gasteiger partial charge in [0.1, 0.15) is 17.0 Å². The van der Waals surface area contributed by atoms with Gasteiger partial charge in [-0.1, -0.05) is 12.1 Å². The zero-order valence-corrected chi connectivity index (χ0v) is 22.1. The summed E-state index contributed by atoms with van der Waals surface area (Å²) in [5.41, 5.74) is 3.64. The van der Waals surface area contributed by atoms with Gasteiger partial charge in [-0.25, -0.2) is 4.79 Å². The zero-order chi connectivity index (χ0) is 28.5. The van der Waals surface area contributed by atoms with Crippen LogP contribution < -0.4 is 4.74 Å². The van der Waals surface area contributed by atoms with Crippen molar-refractivity contribution in [3.63, 3.8) is 0 Å². The molecule has 2 fully saturated rings. The summed E-state index contributed by atoms with van der Waals surface area (Å²) in [4.78, 5) is 26.4. The molecular weight excluding hydrogens is 529 g/mol. The van der Waals surface area contributed by atoms with Crippen molar-refractivity contribution in [2.45, 2.75) is 44.0 Å². The number of hydrogen-bond donors (Lipinski definition) is 1. The fourth-order valence-corrected chi connectivity index (χ4v) is 5.62. The van der Waals surface area contributed by atoms with Crippen molar-refractivity contribution < 1.29 is 32.6 Å². The Morgan fingerprint density at radius 3 is 2.33 bits per heavy atom. The Morgan fingerprint density at radius 2 is 1.70 bits per heavy atom. The number of fused-ring (bicyclic) bond motifs is 4. The highest BCUT2D eigenvalue weighted by Gasteiger charge is 2.46. The molecule has 13 heteroatoms. The third-order valence-corrected chi connectivity index (χ3v) is 7.75. The van der Waals surface area contributed by atoms with Crippen molar-refractivity contribution in [3.05, 3.63) is 54.0 Å². The molecule has 0 radical (unpaired) electrons. The number of carboxylic acid groups (broad SMARTS) is 1. The number of halogens is 3. The smallest absolute Gasteiger partial charge is 0.482 e. The molecule has 0 bridgehead atoms. The molecule has 1 amide bonds. The lowest BCUT2D eigenvalue weighted by atomic mass is 9.81. The number of alkyl halides is 3. The molecule has 2 aromatic heterocycles. The monoisotopic (exact) mass is 560 g/mol. The minimum atomic E-state index is -5.08. The van der Waals surface area contributed by atoms with E-state index in [0.717, 1.165) is 42.8 Å². The van der Waals surface area contributed by atoms with Gasteiger partial charge in [-0.3, -0.25) is 14.2 Å². The Bertz CT molecular complexity index is 1370. The van der Waals surface area contributed by atoms with Gasteiger partial charge in [0, 0.05) is 56.8 Å². The Balaban J connectivity index is 0.000000411. The molecular formula is C27H31F3N6O4. The third kappa shape index (κ3) is 5.42. The summed E-state index contributed by atoms with van der Waals surface area (Å²) in [6.07, 6.45) is 2.68. The minimum Gasteiger partial charge on any atom is -0.482 e. The van der Waals surface area contributed by atoms with E-state index >= 15 is 0 Å². The molecule has 0 saturated carbocycles.